The molecule has 0 spiro atoms. The number of aromatic nitrogens is 1. The van der Waals surface area contributed by atoms with E-state index in [1.54, 1.807) is 13.2 Å². The van der Waals surface area contributed by atoms with Crippen molar-refractivity contribution in [3.8, 4) is 11.1 Å². The Labute approximate surface area is 289 Å². The van der Waals surface area contributed by atoms with Gasteiger partial charge in [0.25, 0.3) is 0 Å². The Kier molecular flexibility index (Phi) is 13.1. The molecule has 5 rings (SSSR count). The summed E-state index contributed by atoms with van der Waals surface area (Å²) in [5, 5.41) is 8.93. The lowest BCUT2D eigenvalue weighted by atomic mass is 9.98. The number of alkyl carbamates (subject to hydrolysis) is 1. The molecule has 0 radical (unpaired) electrons. The molecular formula is C37H46N6O4S. The number of hydrogen-bond donors (Lipinski definition) is 4. The third kappa shape index (κ3) is 9.41. The lowest BCUT2D eigenvalue weighted by Gasteiger charge is -2.23. The van der Waals surface area contributed by atoms with Gasteiger partial charge >= 0.3 is 6.09 Å². The molecule has 2 atom stereocenters. The molecule has 2 amide bonds. The molecule has 0 unspecified atom stereocenters. The zero-order valence-corrected chi connectivity index (χ0v) is 28.7. The molecular weight excluding hydrogens is 625 g/mol. The fourth-order valence-corrected chi connectivity index (χ4v) is 5.98. The van der Waals surface area contributed by atoms with E-state index in [-0.39, 0.29) is 37.8 Å². The molecule has 1 aliphatic carbocycles. The molecule has 5 N–H and O–H groups in total. The summed E-state index contributed by atoms with van der Waals surface area (Å²) in [6.45, 7) is 4.78. The van der Waals surface area contributed by atoms with E-state index >= 15 is 0 Å². The molecule has 0 bridgehead atoms. The van der Waals surface area contributed by atoms with Gasteiger partial charge < -0.3 is 30.8 Å². The van der Waals surface area contributed by atoms with Crippen LogP contribution in [0.4, 0.5) is 4.79 Å². The van der Waals surface area contributed by atoms with E-state index < -0.39 is 18.2 Å². The van der Waals surface area contributed by atoms with E-state index in [2.05, 4.69) is 64.0 Å². The van der Waals surface area contributed by atoms with Crippen molar-refractivity contribution in [2.75, 3.05) is 20.2 Å². The van der Waals surface area contributed by atoms with Crippen LogP contribution in [-0.4, -0.2) is 49.2 Å². The summed E-state index contributed by atoms with van der Waals surface area (Å²) in [4.78, 5) is 35.5. The number of guanidine groups is 1. The molecule has 10 nitrogen and oxygen atoms in total. The number of amides is 2. The van der Waals surface area contributed by atoms with E-state index in [1.165, 1.54) is 0 Å². The molecule has 0 fully saturated rings. The average Bonchev–Trinajstić information content (AvgIpc) is 3.67. The first-order chi connectivity index (χ1) is 22.8. The van der Waals surface area contributed by atoms with Gasteiger partial charge in [-0.3, -0.25) is 9.79 Å². The molecule has 11 heteroatoms. The maximum Gasteiger partial charge on any atom is 0.407 e. The number of nitrogens with zero attached hydrogens (tertiary/aromatic N) is 2. The van der Waals surface area contributed by atoms with Crippen LogP contribution in [-0.2, 0) is 16.0 Å². The Morgan fingerprint density at radius 3 is 2.25 bits per heavy atom. The summed E-state index contributed by atoms with van der Waals surface area (Å²) in [5.41, 5.74) is 11.4. The van der Waals surface area contributed by atoms with Crippen LogP contribution in [0, 0.1) is 5.92 Å². The second kappa shape index (κ2) is 17.4. The minimum Gasteiger partial charge on any atom is -0.449 e. The number of carbonyl (C=O) groups is 2. The SMILES string of the molecule is CN=C(N)NCCC[C@@H](NC(=O)OCC1c2ccccc2-c2ccccc21)C(=O)N[C@@H](CC(C)C)c1ncc(Cc2ccccc2)o1.S. The van der Waals surface area contributed by atoms with Gasteiger partial charge in [-0.25, -0.2) is 9.78 Å². The minimum atomic E-state index is -0.861. The fraction of sp³-hybridized carbons (Fsp3) is 0.351. The Bertz CT molecular complexity index is 1630. The van der Waals surface area contributed by atoms with Crippen molar-refractivity contribution in [1.82, 2.24) is 20.9 Å². The van der Waals surface area contributed by atoms with Crippen LogP contribution < -0.4 is 21.7 Å². The summed E-state index contributed by atoms with van der Waals surface area (Å²) in [7, 11) is 1.60. The number of rotatable bonds is 14. The van der Waals surface area contributed by atoms with Gasteiger partial charge in [-0.05, 0) is 53.0 Å². The van der Waals surface area contributed by atoms with Gasteiger partial charge in [0.1, 0.15) is 24.5 Å². The Balaban J connectivity index is 0.00000520. The smallest absolute Gasteiger partial charge is 0.407 e. The van der Waals surface area contributed by atoms with E-state index in [0.717, 1.165) is 27.8 Å². The number of carbonyl (C=O) groups excluding carboxylic acids is 2. The highest BCUT2D eigenvalue weighted by atomic mass is 32.1. The maximum absolute atomic E-state index is 13.8. The van der Waals surface area contributed by atoms with Gasteiger partial charge in [-0.15, -0.1) is 0 Å². The van der Waals surface area contributed by atoms with Crippen molar-refractivity contribution in [1.29, 1.82) is 0 Å². The van der Waals surface area contributed by atoms with E-state index in [9.17, 15) is 9.59 Å². The van der Waals surface area contributed by atoms with Gasteiger partial charge in [0.15, 0.2) is 5.96 Å². The first-order valence-electron chi connectivity index (χ1n) is 16.2. The summed E-state index contributed by atoms with van der Waals surface area (Å²) in [5.74, 6) is 1.27. The lowest BCUT2D eigenvalue weighted by molar-refractivity contribution is -0.124. The standard InChI is InChI=1S/C37H44N6O4.H2S/c1-24(2)20-33(35-41-22-26(47-35)21-25-12-5-4-6-13-25)42-34(44)32(18-11-19-40-36(38)39-3)43-37(45)46-23-31-29-16-9-7-14-27(29)28-15-8-10-17-30(28)31;/h4-10,12-17,22,24,31-33H,11,18-21,23H2,1-3H3,(H,42,44)(H,43,45)(H3,38,39,40);1H2/t32-,33+;/m1./s1. The molecule has 254 valence electrons. The summed E-state index contributed by atoms with van der Waals surface area (Å²) in [6.07, 6.45) is 3.15. The molecule has 0 saturated carbocycles. The van der Waals surface area contributed by atoms with Gasteiger partial charge in [0.2, 0.25) is 11.8 Å². The van der Waals surface area contributed by atoms with Gasteiger partial charge in [0, 0.05) is 25.9 Å². The number of nitrogens with two attached hydrogens (primary N) is 1. The van der Waals surface area contributed by atoms with Crippen LogP contribution in [0.3, 0.4) is 0 Å². The van der Waals surface area contributed by atoms with Gasteiger partial charge in [-0.2, -0.15) is 13.5 Å². The Morgan fingerprint density at radius 1 is 0.958 bits per heavy atom. The largest absolute Gasteiger partial charge is 0.449 e. The van der Waals surface area contributed by atoms with Crippen LogP contribution in [0.5, 0.6) is 0 Å². The lowest BCUT2D eigenvalue weighted by Crippen LogP contribution is -2.48. The number of hydrogen-bond acceptors (Lipinski definition) is 6. The number of ether oxygens (including phenoxy) is 1. The molecule has 1 heterocycles. The number of oxazole rings is 1. The van der Waals surface area contributed by atoms with Crippen LogP contribution in [0.25, 0.3) is 11.1 Å². The molecule has 1 aliphatic rings. The average molecular weight is 671 g/mol. The number of benzene rings is 3. The fourth-order valence-electron chi connectivity index (χ4n) is 5.98. The zero-order chi connectivity index (χ0) is 33.2. The number of aliphatic imine (C=N–C) groups is 1. The summed E-state index contributed by atoms with van der Waals surface area (Å²) < 4.78 is 11.9. The van der Waals surface area contributed by atoms with Crippen molar-refractivity contribution in [2.45, 2.75) is 57.5 Å². The van der Waals surface area contributed by atoms with Crippen molar-refractivity contribution in [3.63, 3.8) is 0 Å². The van der Waals surface area contributed by atoms with E-state index in [0.29, 0.717) is 49.8 Å². The Morgan fingerprint density at radius 2 is 1.60 bits per heavy atom. The number of fused-ring (bicyclic) bond motifs is 3. The van der Waals surface area contributed by atoms with Crippen LogP contribution in [0.1, 0.15) is 73.4 Å². The first-order valence-corrected chi connectivity index (χ1v) is 16.2. The third-order valence-electron chi connectivity index (χ3n) is 8.28. The van der Waals surface area contributed by atoms with Crippen molar-refractivity contribution < 1.29 is 18.7 Å². The first kappa shape index (κ1) is 36.1. The third-order valence-corrected chi connectivity index (χ3v) is 8.28. The van der Waals surface area contributed by atoms with Crippen LogP contribution in [0.15, 0.2) is 94.5 Å². The molecule has 48 heavy (non-hydrogen) atoms. The molecule has 0 aliphatic heterocycles. The van der Waals surface area contributed by atoms with Gasteiger partial charge in [-0.1, -0.05) is 92.7 Å². The zero-order valence-electron chi connectivity index (χ0n) is 27.7. The monoisotopic (exact) mass is 670 g/mol. The predicted molar refractivity (Wildman–Crippen MR) is 193 cm³/mol. The highest BCUT2D eigenvalue weighted by Crippen LogP contribution is 2.44. The quantitative estimate of drug-likeness (QED) is 0.0754. The summed E-state index contributed by atoms with van der Waals surface area (Å²) >= 11 is 0. The minimum absolute atomic E-state index is 0. The molecule has 1 aromatic heterocycles. The molecule has 4 aromatic rings. The predicted octanol–water partition coefficient (Wildman–Crippen LogP) is 5.80. The second-order valence-electron chi connectivity index (χ2n) is 12.2. The van der Waals surface area contributed by atoms with Crippen LogP contribution >= 0.6 is 13.5 Å². The summed E-state index contributed by atoms with van der Waals surface area (Å²) in [6, 6.07) is 25.0. The van der Waals surface area contributed by atoms with E-state index in [4.69, 9.17) is 14.9 Å². The Hall–Kier alpha value is -4.77. The van der Waals surface area contributed by atoms with Gasteiger partial charge in [0.05, 0.1) is 6.20 Å². The van der Waals surface area contributed by atoms with E-state index in [1.807, 2.05) is 54.6 Å². The second-order valence-corrected chi connectivity index (χ2v) is 12.2. The highest BCUT2D eigenvalue weighted by Gasteiger charge is 2.31. The maximum atomic E-state index is 13.8. The normalized spacial score (nSPS) is 13.5. The molecule has 0 saturated heterocycles. The van der Waals surface area contributed by atoms with Crippen molar-refractivity contribution >= 4 is 31.5 Å². The van der Waals surface area contributed by atoms with Crippen LogP contribution in [0.2, 0.25) is 0 Å². The van der Waals surface area contributed by atoms with Crippen molar-refractivity contribution in [2.24, 2.45) is 16.6 Å². The highest BCUT2D eigenvalue weighted by molar-refractivity contribution is 7.59. The van der Waals surface area contributed by atoms with Crippen molar-refractivity contribution in [3.05, 3.63) is 113 Å². The number of nitrogens with one attached hydrogen (secondary N) is 3. The topological polar surface area (TPSA) is 144 Å². The molecule has 3 aromatic carbocycles.